The molecular formula is C14H12F2O3P+. The molecule has 104 valence electrons. The van der Waals surface area contributed by atoms with E-state index in [9.17, 15) is 13.3 Å². The molecule has 0 aromatic heterocycles. The van der Waals surface area contributed by atoms with Crippen LogP contribution in [0.1, 0.15) is 11.1 Å². The third kappa shape index (κ3) is 4.17. The van der Waals surface area contributed by atoms with E-state index in [0.717, 1.165) is 0 Å². The van der Waals surface area contributed by atoms with Crippen molar-refractivity contribution in [3.05, 3.63) is 71.3 Å². The molecule has 0 amide bonds. The quantitative estimate of drug-likeness (QED) is 0.743. The first-order valence-corrected chi connectivity index (χ1v) is 6.96. The molecule has 0 aliphatic rings. The van der Waals surface area contributed by atoms with Crippen LogP contribution in [0.4, 0.5) is 8.78 Å². The number of rotatable bonds is 6. The largest absolute Gasteiger partial charge is 0.698 e. The van der Waals surface area contributed by atoms with E-state index >= 15 is 0 Å². The van der Waals surface area contributed by atoms with Gasteiger partial charge in [-0.2, -0.15) is 0 Å². The zero-order valence-electron chi connectivity index (χ0n) is 10.5. The molecule has 0 radical (unpaired) electrons. The van der Waals surface area contributed by atoms with Crippen LogP contribution in [0.15, 0.2) is 48.5 Å². The lowest BCUT2D eigenvalue weighted by molar-refractivity contribution is 0.209. The van der Waals surface area contributed by atoms with Crippen molar-refractivity contribution in [1.82, 2.24) is 0 Å². The molecule has 0 aliphatic heterocycles. The van der Waals surface area contributed by atoms with E-state index in [-0.39, 0.29) is 24.3 Å². The highest BCUT2D eigenvalue weighted by molar-refractivity contribution is 7.33. The highest BCUT2D eigenvalue weighted by atomic mass is 31.1. The summed E-state index contributed by atoms with van der Waals surface area (Å²) in [6.45, 7) is -0.335. The maximum atomic E-state index is 13.3. The average molecular weight is 297 g/mol. The molecule has 0 bridgehead atoms. The summed E-state index contributed by atoms with van der Waals surface area (Å²) in [5, 5.41) is 0. The van der Waals surface area contributed by atoms with Crippen LogP contribution in [0, 0.1) is 11.6 Å². The van der Waals surface area contributed by atoms with Gasteiger partial charge in [0.05, 0.1) is 0 Å². The summed E-state index contributed by atoms with van der Waals surface area (Å²) in [5.74, 6) is -0.880. The summed E-state index contributed by atoms with van der Waals surface area (Å²) in [6, 6.07) is 12.0. The van der Waals surface area contributed by atoms with Crippen LogP contribution >= 0.6 is 8.25 Å². The van der Waals surface area contributed by atoms with Crippen LogP contribution in [-0.2, 0) is 26.8 Å². The summed E-state index contributed by atoms with van der Waals surface area (Å²) in [5.41, 5.74) is 0.565. The van der Waals surface area contributed by atoms with Gasteiger partial charge in [-0.1, -0.05) is 36.4 Å². The lowest BCUT2D eigenvalue weighted by Crippen LogP contribution is -1.94. The number of halogens is 2. The SMILES string of the molecule is O=[P+](OCc1ccccc1F)OCc1ccccc1F. The van der Waals surface area contributed by atoms with E-state index in [4.69, 9.17) is 9.05 Å². The maximum absolute atomic E-state index is 13.3. The van der Waals surface area contributed by atoms with Gasteiger partial charge in [-0.15, -0.1) is 9.05 Å². The molecule has 0 heterocycles. The number of hydrogen-bond donors (Lipinski definition) is 0. The molecule has 2 aromatic carbocycles. The van der Waals surface area contributed by atoms with Gasteiger partial charge >= 0.3 is 8.25 Å². The van der Waals surface area contributed by atoms with Crippen LogP contribution in [-0.4, -0.2) is 0 Å². The van der Waals surface area contributed by atoms with Crippen molar-refractivity contribution in [2.75, 3.05) is 0 Å². The molecular weight excluding hydrogens is 285 g/mol. The number of hydrogen-bond acceptors (Lipinski definition) is 3. The molecule has 0 atom stereocenters. The van der Waals surface area contributed by atoms with E-state index in [2.05, 4.69) is 0 Å². The van der Waals surface area contributed by atoms with Gasteiger partial charge in [0, 0.05) is 15.7 Å². The molecule has 0 saturated carbocycles. The van der Waals surface area contributed by atoms with Gasteiger partial charge in [0.25, 0.3) is 0 Å². The fraction of sp³-hybridized carbons (Fsp3) is 0.143. The topological polar surface area (TPSA) is 35.5 Å². The minimum atomic E-state index is -2.44. The molecule has 2 rings (SSSR count). The molecule has 6 heteroatoms. The Hall–Kier alpha value is -1.68. The lowest BCUT2D eigenvalue weighted by Gasteiger charge is -1.98. The normalized spacial score (nSPS) is 10.5. The second kappa shape index (κ2) is 7.20. The minimum Gasteiger partial charge on any atom is -0.207 e. The zero-order chi connectivity index (χ0) is 14.4. The first-order valence-electron chi connectivity index (χ1n) is 5.86. The van der Waals surface area contributed by atoms with Crippen molar-refractivity contribution in [3.8, 4) is 0 Å². The molecule has 2 aromatic rings. The van der Waals surface area contributed by atoms with Gasteiger partial charge in [-0.3, -0.25) is 0 Å². The van der Waals surface area contributed by atoms with E-state index in [1.165, 1.54) is 24.3 Å². The summed E-state index contributed by atoms with van der Waals surface area (Å²) in [6.07, 6.45) is 0. The van der Waals surface area contributed by atoms with Gasteiger partial charge in [0.1, 0.15) is 24.8 Å². The standard InChI is InChI=1S/C14H12F2O3P/c15-13-7-3-1-5-11(13)9-18-20(17)19-10-12-6-2-4-8-14(12)16/h1-8H,9-10H2/q+1. The van der Waals surface area contributed by atoms with Crippen molar-refractivity contribution in [2.45, 2.75) is 13.2 Å². The Morgan fingerprint density at radius 3 is 1.60 bits per heavy atom. The molecule has 0 saturated heterocycles. The first kappa shape index (κ1) is 14.7. The van der Waals surface area contributed by atoms with E-state index in [1.54, 1.807) is 24.3 Å². The maximum Gasteiger partial charge on any atom is 0.698 e. The second-order valence-electron chi connectivity index (χ2n) is 3.95. The van der Waals surface area contributed by atoms with E-state index in [0.29, 0.717) is 0 Å². The Morgan fingerprint density at radius 2 is 1.20 bits per heavy atom. The Bertz CT molecular complexity index is 553. The fourth-order valence-corrected chi connectivity index (χ4v) is 2.08. The molecule has 0 fully saturated rings. The van der Waals surface area contributed by atoms with Crippen molar-refractivity contribution in [1.29, 1.82) is 0 Å². The lowest BCUT2D eigenvalue weighted by atomic mass is 10.2. The second-order valence-corrected chi connectivity index (χ2v) is 4.92. The monoisotopic (exact) mass is 297 g/mol. The predicted molar refractivity (Wildman–Crippen MR) is 70.0 cm³/mol. The van der Waals surface area contributed by atoms with Crippen molar-refractivity contribution in [2.24, 2.45) is 0 Å². The van der Waals surface area contributed by atoms with Gasteiger partial charge in [0.2, 0.25) is 0 Å². The third-order valence-corrected chi connectivity index (χ3v) is 3.25. The number of benzene rings is 2. The molecule has 0 spiro atoms. The van der Waals surface area contributed by atoms with Crippen LogP contribution in [0.25, 0.3) is 0 Å². The van der Waals surface area contributed by atoms with Crippen LogP contribution in [0.2, 0.25) is 0 Å². The summed E-state index contributed by atoms with van der Waals surface area (Å²) >= 11 is 0. The Kier molecular flexibility index (Phi) is 5.30. The average Bonchev–Trinajstić information content (AvgIpc) is 2.45. The van der Waals surface area contributed by atoms with Crippen LogP contribution in [0.5, 0.6) is 0 Å². The van der Waals surface area contributed by atoms with Crippen molar-refractivity contribution >= 4 is 8.25 Å². The van der Waals surface area contributed by atoms with E-state index in [1.807, 2.05) is 0 Å². The zero-order valence-corrected chi connectivity index (χ0v) is 11.4. The molecule has 3 nitrogen and oxygen atoms in total. The summed E-state index contributed by atoms with van der Waals surface area (Å²) < 4.78 is 47.8. The van der Waals surface area contributed by atoms with E-state index < -0.39 is 19.9 Å². The van der Waals surface area contributed by atoms with Crippen molar-refractivity contribution < 1.29 is 22.4 Å². The predicted octanol–water partition coefficient (Wildman–Crippen LogP) is 4.36. The first-order chi connectivity index (χ1) is 9.66. The molecule has 20 heavy (non-hydrogen) atoms. The van der Waals surface area contributed by atoms with Gasteiger partial charge < -0.3 is 0 Å². The van der Waals surface area contributed by atoms with Gasteiger partial charge in [0.15, 0.2) is 0 Å². The molecule has 0 unspecified atom stereocenters. The Labute approximate surface area is 116 Å². The Balaban J connectivity index is 1.82. The van der Waals surface area contributed by atoms with Crippen molar-refractivity contribution in [3.63, 3.8) is 0 Å². The van der Waals surface area contributed by atoms with Gasteiger partial charge in [-0.25, -0.2) is 8.78 Å². The minimum absolute atomic E-state index is 0.168. The molecule has 0 N–H and O–H groups in total. The summed E-state index contributed by atoms with van der Waals surface area (Å²) in [4.78, 5) is 0. The van der Waals surface area contributed by atoms with Crippen LogP contribution < -0.4 is 0 Å². The fourth-order valence-electron chi connectivity index (χ4n) is 1.51. The smallest absolute Gasteiger partial charge is 0.207 e. The summed E-state index contributed by atoms with van der Waals surface area (Å²) in [7, 11) is -2.44. The Morgan fingerprint density at radius 1 is 0.800 bits per heavy atom. The van der Waals surface area contributed by atoms with Gasteiger partial charge in [-0.05, 0) is 12.1 Å². The molecule has 0 aliphatic carbocycles. The van der Waals surface area contributed by atoms with Crippen LogP contribution in [0.3, 0.4) is 0 Å². The highest BCUT2D eigenvalue weighted by Gasteiger charge is 2.22. The third-order valence-electron chi connectivity index (χ3n) is 2.57. The highest BCUT2D eigenvalue weighted by Crippen LogP contribution is 2.28.